The highest BCUT2D eigenvalue weighted by molar-refractivity contribution is 6.15. The van der Waals surface area contributed by atoms with Gasteiger partial charge in [-0.25, -0.2) is 13.5 Å². The quantitative estimate of drug-likeness (QED) is 0.706. The molecule has 3 aromatic rings. The molecule has 0 saturated heterocycles. The maximum atomic E-state index is 14.3. The van der Waals surface area contributed by atoms with Crippen LogP contribution in [0.5, 0.6) is 0 Å². The molecule has 2 aliphatic heterocycles. The zero-order valence-corrected chi connectivity index (χ0v) is 14.7. The van der Waals surface area contributed by atoms with Gasteiger partial charge in [-0.05, 0) is 23.8 Å². The number of anilines is 2. The smallest absolute Gasteiger partial charge is 0.242 e. The SMILES string of the molecule is CN1C(=O)[C@]2(CC(=O)Nc3c2cnn3-c2ccc(F)cc2F)c2ccccc21. The standard InChI is InChI=1S/C20H14F2N4O2/c1-25-15-5-3-2-4-12(15)20(19(25)28)9-17(27)24-18-13(20)10-23-26(18)16-7-6-11(21)8-14(16)22/h2-8,10H,9H2,1H3,(H,24,27)/t20-/m1/s1. The lowest BCUT2D eigenvalue weighted by atomic mass is 9.72. The molecule has 0 bridgehead atoms. The molecule has 2 aliphatic rings. The summed E-state index contributed by atoms with van der Waals surface area (Å²) in [6.45, 7) is 0. The van der Waals surface area contributed by atoms with E-state index in [9.17, 15) is 18.4 Å². The molecule has 0 saturated carbocycles. The first-order chi connectivity index (χ1) is 13.4. The molecule has 2 aromatic carbocycles. The van der Waals surface area contributed by atoms with Crippen molar-refractivity contribution < 1.29 is 18.4 Å². The molecule has 1 atom stereocenters. The fourth-order valence-corrected chi connectivity index (χ4v) is 4.20. The summed E-state index contributed by atoms with van der Waals surface area (Å²) in [5.74, 6) is -1.96. The second-order valence-electron chi connectivity index (χ2n) is 6.93. The lowest BCUT2D eigenvalue weighted by Gasteiger charge is -2.32. The molecule has 0 fully saturated rings. The summed E-state index contributed by atoms with van der Waals surface area (Å²) in [5.41, 5.74) is 0.661. The first-order valence-corrected chi connectivity index (χ1v) is 8.65. The minimum atomic E-state index is -1.22. The van der Waals surface area contributed by atoms with E-state index in [0.717, 1.165) is 12.1 Å². The van der Waals surface area contributed by atoms with E-state index >= 15 is 0 Å². The van der Waals surface area contributed by atoms with E-state index in [2.05, 4.69) is 10.4 Å². The predicted molar refractivity (Wildman–Crippen MR) is 97.4 cm³/mol. The third-order valence-electron chi connectivity index (χ3n) is 5.45. The lowest BCUT2D eigenvalue weighted by molar-refractivity contribution is -0.126. The van der Waals surface area contributed by atoms with Crippen LogP contribution in [0.1, 0.15) is 17.5 Å². The van der Waals surface area contributed by atoms with Gasteiger partial charge in [0.15, 0.2) is 5.82 Å². The lowest BCUT2D eigenvalue weighted by Crippen LogP contribution is -2.45. The number of nitrogens with one attached hydrogen (secondary N) is 1. The summed E-state index contributed by atoms with van der Waals surface area (Å²) in [4.78, 5) is 27.4. The zero-order valence-electron chi connectivity index (χ0n) is 14.7. The number of benzene rings is 2. The van der Waals surface area contributed by atoms with Gasteiger partial charge in [0.2, 0.25) is 11.8 Å². The van der Waals surface area contributed by atoms with Crippen LogP contribution in [0.15, 0.2) is 48.7 Å². The average molecular weight is 380 g/mol. The van der Waals surface area contributed by atoms with Crippen LogP contribution >= 0.6 is 0 Å². The van der Waals surface area contributed by atoms with Gasteiger partial charge in [0.05, 0.1) is 6.20 Å². The van der Waals surface area contributed by atoms with Gasteiger partial charge in [-0.2, -0.15) is 5.10 Å². The van der Waals surface area contributed by atoms with Crippen LogP contribution < -0.4 is 10.2 Å². The molecule has 1 N–H and O–H groups in total. The second kappa shape index (κ2) is 5.48. The van der Waals surface area contributed by atoms with Crippen LogP contribution in [0, 0.1) is 11.6 Å². The summed E-state index contributed by atoms with van der Waals surface area (Å²) in [6, 6.07) is 10.4. The van der Waals surface area contributed by atoms with Crippen LogP contribution in [0.4, 0.5) is 20.3 Å². The van der Waals surface area contributed by atoms with E-state index < -0.39 is 17.0 Å². The predicted octanol–water partition coefficient (Wildman–Crippen LogP) is 2.76. The van der Waals surface area contributed by atoms with Crippen LogP contribution in [-0.4, -0.2) is 28.6 Å². The van der Waals surface area contributed by atoms with E-state index in [-0.39, 0.29) is 29.7 Å². The number of fused-ring (bicyclic) bond motifs is 4. The number of hydrogen-bond donors (Lipinski definition) is 1. The Hall–Kier alpha value is -3.55. The summed E-state index contributed by atoms with van der Waals surface area (Å²) >= 11 is 0. The van der Waals surface area contributed by atoms with Crippen molar-refractivity contribution in [1.29, 1.82) is 0 Å². The Bertz CT molecular complexity index is 1170. The van der Waals surface area contributed by atoms with Crippen molar-refractivity contribution in [2.45, 2.75) is 11.8 Å². The van der Waals surface area contributed by atoms with Gasteiger partial charge in [-0.1, -0.05) is 18.2 Å². The highest BCUT2D eigenvalue weighted by Crippen LogP contribution is 2.51. The Morgan fingerprint density at radius 1 is 1.07 bits per heavy atom. The number of hydrogen-bond acceptors (Lipinski definition) is 3. The number of aromatic nitrogens is 2. The van der Waals surface area contributed by atoms with E-state index in [4.69, 9.17) is 0 Å². The molecule has 0 unspecified atom stereocenters. The van der Waals surface area contributed by atoms with Crippen molar-refractivity contribution in [2.75, 3.05) is 17.3 Å². The van der Waals surface area contributed by atoms with E-state index in [0.29, 0.717) is 16.8 Å². The maximum absolute atomic E-state index is 14.3. The van der Waals surface area contributed by atoms with E-state index in [1.54, 1.807) is 7.05 Å². The third-order valence-corrected chi connectivity index (χ3v) is 5.45. The van der Waals surface area contributed by atoms with E-state index in [1.165, 1.54) is 21.8 Å². The average Bonchev–Trinajstić information content (AvgIpc) is 3.17. The normalized spacial score (nSPS) is 20.3. The van der Waals surface area contributed by atoms with Crippen molar-refractivity contribution >= 4 is 23.3 Å². The molecule has 3 heterocycles. The molecule has 1 aromatic heterocycles. The number of halogens is 2. The van der Waals surface area contributed by atoms with Crippen molar-refractivity contribution in [3.8, 4) is 5.69 Å². The Morgan fingerprint density at radius 2 is 1.86 bits per heavy atom. The highest BCUT2D eigenvalue weighted by atomic mass is 19.1. The van der Waals surface area contributed by atoms with E-state index in [1.807, 2.05) is 24.3 Å². The van der Waals surface area contributed by atoms with Crippen molar-refractivity contribution in [3.05, 3.63) is 71.4 Å². The molecule has 2 amide bonds. The molecule has 1 spiro atoms. The van der Waals surface area contributed by atoms with Gasteiger partial charge in [0, 0.05) is 30.8 Å². The number of likely N-dealkylation sites (N-methyl/N-ethyl adjacent to an activating group) is 1. The third kappa shape index (κ3) is 1.97. The highest BCUT2D eigenvalue weighted by Gasteiger charge is 2.56. The molecule has 0 aliphatic carbocycles. The first kappa shape index (κ1) is 16.6. The van der Waals surface area contributed by atoms with Crippen LogP contribution in [0.25, 0.3) is 5.69 Å². The molecule has 140 valence electrons. The summed E-state index contributed by atoms with van der Waals surface area (Å²) in [6.07, 6.45) is 1.39. The van der Waals surface area contributed by atoms with Crippen molar-refractivity contribution in [1.82, 2.24) is 9.78 Å². The topological polar surface area (TPSA) is 67.2 Å². The molecule has 0 radical (unpaired) electrons. The summed E-state index contributed by atoms with van der Waals surface area (Å²) in [5, 5.41) is 6.91. The monoisotopic (exact) mass is 380 g/mol. The minimum Gasteiger partial charge on any atom is -0.314 e. The number of rotatable bonds is 1. The first-order valence-electron chi connectivity index (χ1n) is 8.65. The number of amides is 2. The molecule has 5 rings (SSSR count). The van der Waals surface area contributed by atoms with Gasteiger partial charge >= 0.3 is 0 Å². The largest absolute Gasteiger partial charge is 0.314 e. The van der Waals surface area contributed by atoms with Gasteiger partial charge < -0.3 is 10.2 Å². The Labute approximate surface area is 158 Å². The Kier molecular flexibility index (Phi) is 3.25. The van der Waals surface area contributed by atoms with Gasteiger partial charge in [0.25, 0.3) is 0 Å². The van der Waals surface area contributed by atoms with Crippen LogP contribution in [-0.2, 0) is 15.0 Å². The van der Waals surface area contributed by atoms with Gasteiger partial charge in [-0.3, -0.25) is 9.59 Å². The van der Waals surface area contributed by atoms with Crippen LogP contribution in [0.3, 0.4) is 0 Å². The fraction of sp³-hybridized carbons (Fsp3) is 0.150. The minimum absolute atomic E-state index is 0.0212. The van der Waals surface area contributed by atoms with Gasteiger partial charge in [0.1, 0.15) is 22.7 Å². The molecule has 8 heteroatoms. The van der Waals surface area contributed by atoms with Gasteiger partial charge in [-0.15, -0.1) is 0 Å². The van der Waals surface area contributed by atoms with Crippen molar-refractivity contribution in [2.24, 2.45) is 0 Å². The molecular weight excluding hydrogens is 366 g/mol. The van der Waals surface area contributed by atoms with Crippen molar-refractivity contribution in [3.63, 3.8) is 0 Å². The number of carbonyl (C=O) groups excluding carboxylic acids is 2. The Balaban J connectivity index is 1.78. The molecule has 28 heavy (non-hydrogen) atoms. The fourth-order valence-electron chi connectivity index (χ4n) is 4.20. The Morgan fingerprint density at radius 3 is 2.64 bits per heavy atom. The molecular formula is C20H14F2N4O2. The summed E-state index contributed by atoms with van der Waals surface area (Å²) < 4.78 is 28.8. The van der Waals surface area contributed by atoms with Crippen LogP contribution in [0.2, 0.25) is 0 Å². The number of nitrogens with zero attached hydrogens (tertiary/aromatic N) is 3. The molecule has 6 nitrogen and oxygen atoms in total. The second-order valence-corrected chi connectivity index (χ2v) is 6.93. The summed E-state index contributed by atoms with van der Waals surface area (Å²) in [7, 11) is 1.66. The number of para-hydroxylation sites is 1. The maximum Gasteiger partial charge on any atom is 0.242 e. The number of carbonyl (C=O) groups is 2. The zero-order chi connectivity index (χ0) is 19.6.